The molecule has 2 aromatic rings. The summed E-state index contributed by atoms with van der Waals surface area (Å²) >= 11 is 6.03. The zero-order valence-electron chi connectivity index (χ0n) is 17.4. The predicted molar refractivity (Wildman–Crippen MR) is 115 cm³/mol. The lowest BCUT2D eigenvalue weighted by Gasteiger charge is -2.32. The molecule has 1 aliphatic rings. The molecule has 0 bridgehead atoms. The van der Waals surface area contributed by atoms with Gasteiger partial charge in [-0.2, -0.15) is 13.2 Å². The Balaban J connectivity index is 1.64. The van der Waals surface area contributed by atoms with E-state index < -0.39 is 11.7 Å². The highest BCUT2D eigenvalue weighted by Crippen LogP contribution is 2.35. The Labute approximate surface area is 187 Å². The number of methoxy groups -OCH3 is 1. The highest BCUT2D eigenvalue weighted by atomic mass is 35.5. The number of amides is 2. The van der Waals surface area contributed by atoms with Crippen LogP contribution >= 0.6 is 11.6 Å². The van der Waals surface area contributed by atoms with E-state index in [9.17, 15) is 22.8 Å². The van der Waals surface area contributed by atoms with Crippen LogP contribution in [-0.2, 0) is 15.8 Å². The van der Waals surface area contributed by atoms with Crippen molar-refractivity contribution in [1.29, 1.82) is 0 Å². The Bertz CT molecular complexity index is 1010. The third-order valence-corrected chi connectivity index (χ3v) is 5.37. The minimum Gasteiger partial charge on any atom is -0.495 e. The first-order valence-electron chi connectivity index (χ1n) is 9.82. The number of hydrogen-bond donors (Lipinski definition) is 2. The Morgan fingerprint density at radius 1 is 1.19 bits per heavy atom. The first-order valence-corrected chi connectivity index (χ1v) is 10.2. The minimum absolute atomic E-state index is 0.0813. The summed E-state index contributed by atoms with van der Waals surface area (Å²) in [6, 6.07) is 5.77. The number of carbonyl (C=O) groups is 2. The highest BCUT2D eigenvalue weighted by molar-refractivity contribution is 6.33. The zero-order valence-corrected chi connectivity index (χ0v) is 18.2. The van der Waals surface area contributed by atoms with Gasteiger partial charge in [0.2, 0.25) is 11.8 Å². The molecule has 0 atom stereocenters. The number of nitrogens with one attached hydrogen (secondary N) is 2. The van der Waals surface area contributed by atoms with E-state index in [-0.39, 0.29) is 28.6 Å². The molecule has 32 heavy (non-hydrogen) atoms. The van der Waals surface area contributed by atoms with Crippen molar-refractivity contribution < 1.29 is 27.5 Å². The first kappa shape index (κ1) is 23.6. The number of aromatic nitrogens is 1. The number of pyridine rings is 1. The maximum absolute atomic E-state index is 12.8. The van der Waals surface area contributed by atoms with E-state index >= 15 is 0 Å². The molecule has 0 saturated carbocycles. The van der Waals surface area contributed by atoms with Crippen molar-refractivity contribution in [2.45, 2.75) is 25.9 Å². The van der Waals surface area contributed by atoms with Crippen LogP contribution in [0.3, 0.4) is 0 Å². The van der Waals surface area contributed by atoms with E-state index in [1.165, 1.54) is 14.0 Å². The smallest absolute Gasteiger partial charge is 0.417 e. The molecule has 3 rings (SSSR count). The number of halogens is 4. The molecule has 1 aromatic heterocycles. The van der Waals surface area contributed by atoms with E-state index in [0.717, 1.165) is 12.3 Å². The van der Waals surface area contributed by atoms with Gasteiger partial charge in [-0.1, -0.05) is 11.6 Å². The van der Waals surface area contributed by atoms with Crippen LogP contribution in [0.2, 0.25) is 5.02 Å². The number of alkyl halides is 3. The van der Waals surface area contributed by atoms with Gasteiger partial charge in [0.05, 0.1) is 23.4 Å². The van der Waals surface area contributed by atoms with Gasteiger partial charge in [-0.15, -0.1) is 0 Å². The van der Waals surface area contributed by atoms with Crippen LogP contribution in [-0.4, -0.2) is 37.0 Å². The molecule has 2 N–H and O–H groups in total. The molecule has 7 nitrogen and oxygen atoms in total. The van der Waals surface area contributed by atoms with Gasteiger partial charge in [0.25, 0.3) is 0 Å². The summed E-state index contributed by atoms with van der Waals surface area (Å²) in [7, 11) is 1.47. The number of hydrogen-bond acceptors (Lipinski definition) is 5. The molecule has 1 saturated heterocycles. The molecule has 1 aromatic carbocycles. The fourth-order valence-corrected chi connectivity index (χ4v) is 3.78. The number of anilines is 3. The first-order chi connectivity index (χ1) is 15.1. The lowest BCUT2D eigenvalue weighted by Crippen LogP contribution is -2.38. The number of piperidine rings is 1. The van der Waals surface area contributed by atoms with Gasteiger partial charge in [-0.3, -0.25) is 9.59 Å². The van der Waals surface area contributed by atoms with E-state index in [4.69, 9.17) is 16.3 Å². The van der Waals surface area contributed by atoms with Crippen LogP contribution in [0.5, 0.6) is 5.75 Å². The summed E-state index contributed by atoms with van der Waals surface area (Å²) in [6.45, 7) is 2.21. The number of rotatable bonds is 5. The van der Waals surface area contributed by atoms with E-state index in [1.54, 1.807) is 23.1 Å². The second-order valence-corrected chi connectivity index (χ2v) is 7.78. The van der Waals surface area contributed by atoms with Crippen molar-refractivity contribution >= 4 is 40.6 Å². The van der Waals surface area contributed by atoms with Crippen LogP contribution in [0.15, 0.2) is 30.5 Å². The lowest BCUT2D eigenvalue weighted by atomic mass is 9.95. The monoisotopic (exact) mass is 470 g/mol. The lowest BCUT2D eigenvalue weighted by molar-refractivity contribution is -0.137. The van der Waals surface area contributed by atoms with Gasteiger partial charge in [-0.25, -0.2) is 4.98 Å². The molecule has 0 aliphatic carbocycles. The predicted octanol–water partition coefficient (Wildman–Crippen LogP) is 4.58. The Hall–Kier alpha value is -3.01. The molecule has 2 heterocycles. The van der Waals surface area contributed by atoms with Gasteiger partial charge < -0.3 is 20.3 Å². The average molecular weight is 471 g/mol. The normalized spacial score (nSPS) is 14.8. The van der Waals surface area contributed by atoms with Gasteiger partial charge in [0.1, 0.15) is 11.6 Å². The summed E-state index contributed by atoms with van der Waals surface area (Å²) in [5.41, 5.74) is 0.0426. The second kappa shape index (κ2) is 9.64. The molecular weight excluding hydrogens is 449 g/mol. The maximum atomic E-state index is 12.8. The summed E-state index contributed by atoms with van der Waals surface area (Å²) in [4.78, 5) is 29.7. The maximum Gasteiger partial charge on any atom is 0.417 e. The van der Waals surface area contributed by atoms with Crippen LogP contribution < -0.4 is 20.3 Å². The van der Waals surface area contributed by atoms with Crippen LogP contribution in [0.4, 0.5) is 30.4 Å². The largest absolute Gasteiger partial charge is 0.495 e. The van der Waals surface area contributed by atoms with Gasteiger partial charge >= 0.3 is 6.18 Å². The molecule has 0 unspecified atom stereocenters. The summed E-state index contributed by atoms with van der Waals surface area (Å²) in [5, 5.41) is 5.40. The van der Waals surface area contributed by atoms with Gasteiger partial charge in [-0.05, 0) is 37.1 Å². The Morgan fingerprint density at radius 3 is 2.44 bits per heavy atom. The molecule has 11 heteroatoms. The van der Waals surface area contributed by atoms with Crippen molar-refractivity contribution in [2.75, 3.05) is 35.7 Å². The van der Waals surface area contributed by atoms with E-state index in [1.807, 2.05) is 0 Å². The SMILES string of the molecule is COc1ccc(NC(C)=O)cc1NC(=O)C1CCN(c2ncc(C(F)(F)F)cc2Cl)CC1. The summed E-state index contributed by atoms with van der Waals surface area (Å²) in [6.07, 6.45) is -2.82. The Morgan fingerprint density at radius 2 is 1.88 bits per heavy atom. The fourth-order valence-electron chi connectivity index (χ4n) is 3.49. The Kier molecular flexibility index (Phi) is 7.12. The number of nitrogens with zero attached hydrogens (tertiary/aromatic N) is 2. The van der Waals surface area contributed by atoms with E-state index in [2.05, 4.69) is 15.6 Å². The summed E-state index contributed by atoms with van der Waals surface area (Å²) < 4.78 is 43.7. The van der Waals surface area contributed by atoms with Crippen LogP contribution in [0.25, 0.3) is 0 Å². The molecule has 1 fully saturated rings. The molecule has 0 spiro atoms. The quantitative estimate of drug-likeness (QED) is 0.668. The summed E-state index contributed by atoms with van der Waals surface area (Å²) in [5.74, 6) is -0.0489. The highest BCUT2D eigenvalue weighted by Gasteiger charge is 2.33. The third-order valence-electron chi connectivity index (χ3n) is 5.09. The van der Waals surface area contributed by atoms with Crippen LogP contribution in [0.1, 0.15) is 25.3 Å². The van der Waals surface area contributed by atoms with Crippen molar-refractivity contribution in [3.05, 3.63) is 41.0 Å². The molecule has 0 radical (unpaired) electrons. The molecule has 2 amide bonds. The number of carbonyl (C=O) groups excluding carboxylic acids is 2. The molecule has 172 valence electrons. The fraction of sp³-hybridized carbons (Fsp3) is 0.381. The average Bonchev–Trinajstić information content (AvgIpc) is 2.73. The van der Waals surface area contributed by atoms with Gasteiger partial charge in [0, 0.05) is 37.8 Å². The van der Waals surface area contributed by atoms with Crippen molar-refractivity contribution in [3.8, 4) is 5.75 Å². The van der Waals surface area contributed by atoms with E-state index in [0.29, 0.717) is 43.1 Å². The van der Waals surface area contributed by atoms with Crippen molar-refractivity contribution in [1.82, 2.24) is 4.98 Å². The third kappa shape index (κ3) is 5.61. The van der Waals surface area contributed by atoms with Gasteiger partial charge in [0.15, 0.2) is 0 Å². The minimum atomic E-state index is -4.52. The number of benzene rings is 1. The molecule has 1 aliphatic heterocycles. The second-order valence-electron chi connectivity index (χ2n) is 7.37. The van der Waals surface area contributed by atoms with Crippen LogP contribution in [0, 0.1) is 5.92 Å². The topological polar surface area (TPSA) is 83.6 Å². The van der Waals surface area contributed by atoms with Crippen molar-refractivity contribution in [3.63, 3.8) is 0 Å². The standard InChI is InChI=1S/C21H22ClF3N4O3/c1-12(30)27-15-3-4-18(32-2)17(10-15)28-20(31)13-5-7-29(8-6-13)19-16(22)9-14(11-26-19)21(23,24)25/h3-4,9-11,13H,5-8H2,1-2H3,(H,27,30)(H,28,31). The number of ether oxygens (including phenoxy) is 1. The van der Waals surface area contributed by atoms with Crippen molar-refractivity contribution in [2.24, 2.45) is 5.92 Å². The molecular formula is C21H22ClF3N4O3. The zero-order chi connectivity index (χ0) is 23.5.